The molecule has 0 unspecified atom stereocenters. The summed E-state index contributed by atoms with van der Waals surface area (Å²) in [5.41, 5.74) is 1.41. The summed E-state index contributed by atoms with van der Waals surface area (Å²) in [4.78, 5) is 16.4. The molecule has 1 heterocycles. The van der Waals surface area contributed by atoms with Gasteiger partial charge in [-0.05, 0) is 36.1 Å². The Hall–Kier alpha value is -1.20. The Morgan fingerprint density at radius 1 is 1.33 bits per heavy atom. The summed E-state index contributed by atoms with van der Waals surface area (Å²) in [7, 11) is 0. The molecule has 0 atom stereocenters. The van der Waals surface area contributed by atoms with Gasteiger partial charge in [-0.2, -0.15) is 0 Å². The van der Waals surface area contributed by atoms with E-state index in [4.69, 9.17) is 4.74 Å². The van der Waals surface area contributed by atoms with Crippen molar-refractivity contribution in [1.29, 1.82) is 0 Å². The zero-order valence-corrected chi connectivity index (χ0v) is 13.9. The van der Waals surface area contributed by atoms with Crippen LogP contribution < -0.4 is 4.74 Å². The Morgan fingerprint density at radius 2 is 2.14 bits per heavy atom. The largest absolute Gasteiger partial charge is 0.493 e. The topological polar surface area (TPSA) is 38.7 Å². The fraction of sp³-hybridized carbons (Fsp3) is 0.375. The van der Waals surface area contributed by atoms with E-state index in [0.717, 1.165) is 34.3 Å². The van der Waals surface area contributed by atoms with Gasteiger partial charge < -0.3 is 4.74 Å². The van der Waals surface area contributed by atoms with Crippen LogP contribution in [0.4, 0.5) is 0 Å². The van der Waals surface area contributed by atoms with Crippen LogP contribution >= 0.6 is 23.5 Å². The third kappa shape index (κ3) is 4.64. The SMILES string of the molecule is CCCCOc1ccccc1/C=C1\N=C(SCC)SC1=O. The smallest absolute Gasteiger partial charge is 0.244 e. The van der Waals surface area contributed by atoms with Crippen molar-refractivity contribution in [2.75, 3.05) is 12.4 Å². The molecule has 0 saturated carbocycles. The number of nitrogens with zero attached hydrogens (tertiary/aromatic N) is 1. The molecule has 0 bridgehead atoms. The van der Waals surface area contributed by atoms with Crippen molar-refractivity contribution in [2.45, 2.75) is 26.7 Å². The quantitative estimate of drug-likeness (QED) is 0.567. The molecule has 0 aliphatic carbocycles. The van der Waals surface area contributed by atoms with Crippen LogP contribution in [0.1, 0.15) is 32.3 Å². The van der Waals surface area contributed by atoms with Crippen molar-refractivity contribution in [2.24, 2.45) is 4.99 Å². The number of rotatable bonds is 6. The number of ether oxygens (including phenoxy) is 1. The molecule has 1 aromatic carbocycles. The van der Waals surface area contributed by atoms with Gasteiger partial charge >= 0.3 is 0 Å². The number of aliphatic imine (C=N–C) groups is 1. The fourth-order valence-corrected chi connectivity index (χ4v) is 3.52. The van der Waals surface area contributed by atoms with E-state index in [1.165, 1.54) is 11.8 Å². The lowest BCUT2D eigenvalue weighted by atomic mass is 10.1. The van der Waals surface area contributed by atoms with E-state index in [1.54, 1.807) is 11.8 Å². The van der Waals surface area contributed by atoms with E-state index in [-0.39, 0.29) is 5.12 Å². The Labute approximate surface area is 134 Å². The highest BCUT2D eigenvalue weighted by Gasteiger charge is 2.22. The predicted octanol–water partition coefficient (Wildman–Crippen LogP) is 4.59. The van der Waals surface area contributed by atoms with E-state index < -0.39 is 0 Å². The molecule has 3 nitrogen and oxygen atoms in total. The Morgan fingerprint density at radius 3 is 2.90 bits per heavy atom. The van der Waals surface area contributed by atoms with Crippen molar-refractivity contribution in [1.82, 2.24) is 0 Å². The minimum atomic E-state index is 0.00862. The maximum absolute atomic E-state index is 12.0. The Kier molecular flexibility index (Phi) is 6.39. The fourth-order valence-electron chi connectivity index (χ4n) is 1.78. The minimum Gasteiger partial charge on any atom is -0.493 e. The number of carbonyl (C=O) groups excluding carboxylic acids is 1. The number of thioether (sulfide) groups is 2. The molecule has 0 spiro atoms. The van der Waals surface area contributed by atoms with E-state index in [9.17, 15) is 4.79 Å². The monoisotopic (exact) mass is 321 g/mol. The standard InChI is InChI=1S/C16H19NO2S2/c1-3-5-10-19-14-9-7-6-8-12(14)11-13-15(18)21-16(17-13)20-4-2/h6-9,11H,3-5,10H2,1-2H3/b13-11-. The molecular weight excluding hydrogens is 302 g/mol. The number of hydrogen-bond acceptors (Lipinski definition) is 5. The number of unbranched alkanes of at least 4 members (excludes halogenated alkanes) is 1. The molecule has 0 saturated heterocycles. The van der Waals surface area contributed by atoms with E-state index in [1.807, 2.05) is 30.3 Å². The summed E-state index contributed by atoms with van der Waals surface area (Å²) in [6.45, 7) is 4.88. The third-order valence-electron chi connectivity index (χ3n) is 2.84. The highest BCUT2D eigenvalue weighted by atomic mass is 32.2. The summed E-state index contributed by atoms with van der Waals surface area (Å²) >= 11 is 2.81. The van der Waals surface area contributed by atoms with E-state index >= 15 is 0 Å². The average molecular weight is 321 g/mol. The number of carbonyl (C=O) groups is 1. The predicted molar refractivity (Wildman–Crippen MR) is 93.0 cm³/mol. The molecule has 0 radical (unpaired) electrons. The van der Waals surface area contributed by atoms with Gasteiger partial charge in [0.2, 0.25) is 5.12 Å². The second kappa shape index (κ2) is 8.29. The number of hydrogen-bond donors (Lipinski definition) is 0. The van der Waals surface area contributed by atoms with Crippen LogP contribution in [0.15, 0.2) is 35.0 Å². The van der Waals surface area contributed by atoms with Crippen LogP contribution in [0.5, 0.6) is 5.75 Å². The van der Waals surface area contributed by atoms with Crippen LogP contribution in [0.25, 0.3) is 6.08 Å². The molecule has 5 heteroatoms. The summed E-state index contributed by atoms with van der Waals surface area (Å²) in [6, 6.07) is 7.76. The van der Waals surface area contributed by atoms with Gasteiger partial charge in [0.15, 0.2) is 0 Å². The third-order valence-corrected chi connectivity index (χ3v) is 4.73. The van der Waals surface area contributed by atoms with Crippen LogP contribution in [-0.2, 0) is 4.79 Å². The van der Waals surface area contributed by atoms with Gasteiger partial charge in [0, 0.05) is 5.56 Å². The van der Waals surface area contributed by atoms with Crippen molar-refractivity contribution in [3.8, 4) is 5.75 Å². The number of benzene rings is 1. The second-order valence-corrected chi connectivity index (χ2v) is 6.94. The molecule has 21 heavy (non-hydrogen) atoms. The maximum Gasteiger partial charge on any atom is 0.244 e. The van der Waals surface area contributed by atoms with Crippen LogP contribution in [0, 0.1) is 0 Å². The molecular formula is C16H19NO2S2. The highest BCUT2D eigenvalue weighted by Crippen LogP contribution is 2.32. The highest BCUT2D eigenvalue weighted by molar-refractivity contribution is 8.45. The first-order valence-corrected chi connectivity index (χ1v) is 8.92. The van der Waals surface area contributed by atoms with Gasteiger partial charge in [0.1, 0.15) is 15.8 Å². The zero-order valence-electron chi connectivity index (χ0n) is 12.3. The van der Waals surface area contributed by atoms with Crippen molar-refractivity contribution >= 4 is 39.1 Å². The molecule has 1 aliphatic heterocycles. The van der Waals surface area contributed by atoms with Gasteiger partial charge in [-0.3, -0.25) is 4.79 Å². The van der Waals surface area contributed by atoms with Gasteiger partial charge in [0.25, 0.3) is 0 Å². The van der Waals surface area contributed by atoms with Crippen molar-refractivity contribution in [3.05, 3.63) is 35.5 Å². The Bertz CT molecular complexity index is 567. The van der Waals surface area contributed by atoms with Crippen molar-refractivity contribution < 1.29 is 9.53 Å². The molecule has 1 aromatic rings. The molecule has 0 N–H and O–H groups in total. The molecule has 112 valence electrons. The first kappa shape index (κ1) is 16.2. The summed E-state index contributed by atoms with van der Waals surface area (Å²) in [6.07, 6.45) is 3.94. The number of para-hydroxylation sites is 1. The van der Waals surface area contributed by atoms with Crippen LogP contribution in [-0.4, -0.2) is 21.9 Å². The molecule has 2 rings (SSSR count). The van der Waals surface area contributed by atoms with Gasteiger partial charge in [-0.1, -0.05) is 50.2 Å². The van der Waals surface area contributed by atoms with Crippen LogP contribution in [0.3, 0.4) is 0 Å². The molecule has 1 aliphatic rings. The van der Waals surface area contributed by atoms with Gasteiger partial charge in [-0.15, -0.1) is 0 Å². The minimum absolute atomic E-state index is 0.00862. The lowest BCUT2D eigenvalue weighted by Crippen LogP contribution is -1.98. The zero-order chi connectivity index (χ0) is 15.1. The van der Waals surface area contributed by atoms with Gasteiger partial charge in [0.05, 0.1) is 6.61 Å². The summed E-state index contributed by atoms with van der Waals surface area (Å²) in [5.74, 6) is 1.73. The lowest BCUT2D eigenvalue weighted by molar-refractivity contribution is -0.107. The average Bonchev–Trinajstić information content (AvgIpc) is 2.81. The molecule has 0 amide bonds. The first-order valence-electron chi connectivity index (χ1n) is 7.11. The van der Waals surface area contributed by atoms with E-state index in [2.05, 4.69) is 18.8 Å². The van der Waals surface area contributed by atoms with Crippen LogP contribution in [0.2, 0.25) is 0 Å². The van der Waals surface area contributed by atoms with E-state index in [0.29, 0.717) is 12.3 Å². The lowest BCUT2D eigenvalue weighted by Gasteiger charge is -2.08. The Balaban J connectivity index is 2.18. The molecule has 0 aromatic heterocycles. The van der Waals surface area contributed by atoms with Crippen molar-refractivity contribution in [3.63, 3.8) is 0 Å². The normalized spacial score (nSPS) is 16.4. The van der Waals surface area contributed by atoms with Gasteiger partial charge in [-0.25, -0.2) is 4.99 Å². The second-order valence-electron chi connectivity index (χ2n) is 4.47. The first-order chi connectivity index (χ1) is 10.2. The molecule has 0 fully saturated rings. The summed E-state index contributed by atoms with van der Waals surface area (Å²) in [5, 5.41) is 0.00862. The maximum atomic E-state index is 12.0. The summed E-state index contributed by atoms with van der Waals surface area (Å²) < 4.78 is 6.61.